The molecule has 1 aromatic carbocycles. The van der Waals surface area contributed by atoms with E-state index in [4.69, 9.17) is 0 Å². The van der Waals surface area contributed by atoms with Gasteiger partial charge in [0.05, 0.1) is 6.04 Å². The molecule has 0 spiro atoms. The van der Waals surface area contributed by atoms with Crippen LogP contribution in [0.3, 0.4) is 0 Å². The largest absolute Gasteiger partial charge is 0.351 e. The molecule has 0 unspecified atom stereocenters. The zero-order valence-electron chi connectivity index (χ0n) is 12.8. The van der Waals surface area contributed by atoms with Crippen molar-refractivity contribution in [1.29, 1.82) is 0 Å². The third kappa shape index (κ3) is 2.84. The topological polar surface area (TPSA) is 66.9 Å². The van der Waals surface area contributed by atoms with Crippen molar-refractivity contribution in [2.24, 2.45) is 0 Å². The van der Waals surface area contributed by atoms with Crippen LogP contribution in [0.15, 0.2) is 39.9 Å². The number of benzene rings is 1. The second-order valence-corrected chi connectivity index (χ2v) is 5.90. The van der Waals surface area contributed by atoms with Crippen LogP contribution in [0.2, 0.25) is 0 Å². The van der Waals surface area contributed by atoms with Crippen LogP contribution in [0.1, 0.15) is 43.7 Å². The van der Waals surface area contributed by atoms with Gasteiger partial charge in [0.15, 0.2) is 0 Å². The van der Waals surface area contributed by atoms with Crippen molar-refractivity contribution in [3.63, 3.8) is 0 Å². The lowest BCUT2D eigenvalue weighted by atomic mass is 9.95. The summed E-state index contributed by atoms with van der Waals surface area (Å²) in [7, 11) is 0. The molecule has 0 amide bonds. The molecular formula is C17H21N3O2. The Morgan fingerprint density at radius 2 is 1.77 bits per heavy atom. The third-order valence-electron chi connectivity index (χ3n) is 4.35. The van der Waals surface area contributed by atoms with E-state index in [2.05, 4.69) is 10.4 Å². The molecule has 3 rings (SSSR count). The Morgan fingerprint density at radius 3 is 2.45 bits per heavy atom. The first-order valence-electron chi connectivity index (χ1n) is 7.84. The lowest BCUT2D eigenvalue weighted by Crippen LogP contribution is -2.36. The van der Waals surface area contributed by atoms with E-state index in [1.807, 2.05) is 30.3 Å². The molecule has 2 N–H and O–H groups in total. The minimum atomic E-state index is -0.244. The van der Waals surface area contributed by atoms with Gasteiger partial charge in [-0.3, -0.25) is 14.7 Å². The summed E-state index contributed by atoms with van der Waals surface area (Å²) >= 11 is 0. The maximum Gasteiger partial charge on any atom is 0.286 e. The van der Waals surface area contributed by atoms with E-state index in [0.717, 1.165) is 31.4 Å². The molecule has 1 aromatic heterocycles. The van der Waals surface area contributed by atoms with Crippen LogP contribution < -0.4 is 16.4 Å². The van der Waals surface area contributed by atoms with Crippen LogP contribution in [-0.2, 0) is 0 Å². The minimum absolute atomic E-state index is 0.107. The van der Waals surface area contributed by atoms with Crippen LogP contribution in [0.25, 0.3) is 0 Å². The number of anilines is 2. The minimum Gasteiger partial charge on any atom is -0.351 e. The summed E-state index contributed by atoms with van der Waals surface area (Å²) in [5.74, 6) is 0. The van der Waals surface area contributed by atoms with Crippen LogP contribution in [0, 0.1) is 6.92 Å². The first-order valence-corrected chi connectivity index (χ1v) is 7.84. The molecule has 1 fully saturated rings. The summed E-state index contributed by atoms with van der Waals surface area (Å²) in [5.41, 5.74) is 1.25. The molecule has 1 heterocycles. The van der Waals surface area contributed by atoms with Gasteiger partial charge in [-0.1, -0.05) is 37.5 Å². The highest BCUT2D eigenvalue weighted by atomic mass is 16.2. The summed E-state index contributed by atoms with van der Waals surface area (Å²) in [5, 5.41) is 5.82. The summed E-state index contributed by atoms with van der Waals surface area (Å²) < 4.78 is 1.53. The SMILES string of the molecule is Cc1c(Nc2ccccc2)c(=O)[nH]n(C2CCCCC2)c1=O. The van der Waals surface area contributed by atoms with Gasteiger partial charge in [0, 0.05) is 11.3 Å². The predicted molar refractivity (Wildman–Crippen MR) is 87.9 cm³/mol. The average molecular weight is 299 g/mol. The Hall–Kier alpha value is -2.30. The van der Waals surface area contributed by atoms with E-state index >= 15 is 0 Å². The average Bonchev–Trinajstić information content (AvgIpc) is 2.57. The molecule has 0 bridgehead atoms. The van der Waals surface area contributed by atoms with Crippen molar-refractivity contribution in [3.8, 4) is 0 Å². The first-order chi connectivity index (χ1) is 10.7. The molecule has 0 aliphatic heterocycles. The van der Waals surface area contributed by atoms with Crippen molar-refractivity contribution in [1.82, 2.24) is 9.78 Å². The summed E-state index contributed by atoms with van der Waals surface area (Å²) in [4.78, 5) is 25.0. The fourth-order valence-electron chi connectivity index (χ4n) is 3.09. The summed E-state index contributed by atoms with van der Waals surface area (Å²) in [6.45, 7) is 1.71. The Bertz CT molecular complexity index is 756. The van der Waals surface area contributed by atoms with Gasteiger partial charge >= 0.3 is 0 Å². The lowest BCUT2D eigenvalue weighted by molar-refractivity contribution is 0.316. The van der Waals surface area contributed by atoms with Gasteiger partial charge in [-0.25, -0.2) is 4.68 Å². The normalized spacial score (nSPS) is 15.7. The quantitative estimate of drug-likeness (QED) is 0.915. The molecule has 5 heteroatoms. The molecule has 22 heavy (non-hydrogen) atoms. The molecule has 0 atom stereocenters. The maximum absolute atomic E-state index is 12.6. The number of nitrogens with one attached hydrogen (secondary N) is 2. The van der Waals surface area contributed by atoms with Gasteiger partial charge in [0.2, 0.25) is 0 Å². The molecule has 1 aliphatic carbocycles. The van der Waals surface area contributed by atoms with E-state index < -0.39 is 0 Å². The van der Waals surface area contributed by atoms with Crippen molar-refractivity contribution < 1.29 is 0 Å². The highest BCUT2D eigenvalue weighted by Gasteiger charge is 2.20. The van der Waals surface area contributed by atoms with E-state index in [-0.39, 0.29) is 17.2 Å². The van der Waals surface area contributed by atoms with Gasteiger partial charge in [0.1, 0.15) is 5.69 Å². The van der Waals surface area contributed by atoms with Crippen LogP contribution in [-0.4, -0.2) is 9.78 Å². The molecule has 116 valence electrons. The van der Waals surface area contributed by atoms with Gasteiger partial charge < -0.3 is 5.32 Å². The summed E-state index contributed by atoms with van der Waals surface area (Å²) in [6, 6.07) is 9.53. The van der Waals surface area contributed by atoms with E-state index in [0.29, 0.717) is 11.3 Å². The van der Waals surface area contributed by atoms with E-state index in [1.165, 1.54) is 11.1 Å². The Kier molecular flexibility index (Phi) is 4.13. The monoisotopic (exact) mass is 299 g/mol. The molecule has 5 nitrogen and oxygen atoms in total. The highest BCUT2D eigenvalue weighted by molar-refractivity contribution is 5.61. The molecule has 0 radical (unpaired) electrons. The number of para-hydroxylation sites is 1. The number of H-pyrrole nitrogens is 1. The van der Waals surface area contributed by atoms with Crippen LogP contribution in [0.4, 0.5) is 11.4 Å². The van der Waals surface area contributed by atoms with Gasteiger partial charge in [-0.05, 0) is 31.9 Å². The summed E-state index contributed by atoms with van der Waals surface area (Å²) in [6.07, 6.45) is 5.36. The third-order valence-corrected chi connectivity index (χ3v) is 4.35. The van der Waals surface area contributed by atoms with Crippen LogP contribution in [0.5, 0.6) is 0 Å². The van der Waals surface area contributed by atoms with Crippen molar-refractivity contribution in [3.05, 3.63) is 56.6 Å². The lowest BCUT2D eigenvalue weighted by Gasteiger charge is -2.24. The number of rotatable bonds is 3. The number of hydrogen-bond acceptors (Lipinski definition) is 3. The van der Waals surface area contributed by atoms with Crippen molar-refractivity contribution in [2.45, 2.75) is 45.1 Å². The Balaban J connectivity index is 1.98. The second-order valence-electron chi connectivity index (χ2n) is 5.90. The molecule has 1 saturated carbocycles. The number of aromatic amines is 1. The van der Waals surface area contributed by atoms with Gasteiger partial charge in [-0.15, -0.1) is 0 Å². The predicted octanol–water partition coefficient (Wildman–Crippen LogP) is 3.09. The smallest absolute Gasteiger partial charge is 0.286 e. The first kappa shape index (κ1) is 14.6. The molecule has 2 aromatic rings. The standard InChI is InChI=1S/C17H21N3O2/c1-12-15(18-13-8-4-2-5-9-13)16(21)19-20(17(12)22)14-10-6-3-7-11-14/h2,4-5,8-9,14,18H,3,6-7,10-11H2,1H3,(H,19,21). The highest BCUT2D eigenvalue weighted by Crippen LogP contribution is 2.26. The second kappa shape index (κ2) is 6.22. The fraction of sp³-hybridized carbons (Fsp3) is 0.412. The zero-order chi connectivity index (χ0) is 15.5. The Labute approximate surface area is 129 Å². The fourth-order valence-corrected chi connectivity index (χ4v) is 3.09. The number of aromatic nitrogens is 2. The van der Waals surface area contributed by atoms with Crippen molar-refractivity contribution in [2.75, 3.05) is 5.32 Å². The van der Waals surface area contributed by atoms with E-state index in [9.17, 15) is 9.59 Å². The van der Waals surface area contributed by atoms with Crippen molar-refractivity contribution >= 4 is 11.4 Å². The Morgan fingerprint density at radius 1 is 1.09 bits per heavy atom. The number of hydrogen-bond donors (Lipinski definition) is 2. The maximum atomic E-state index is 12.6. The number of nitrogens with zero attached hydrogens (tertiary/aromatic N) is 1. The molecular weight excluding hydrogens is 278 g/mol. The van der Waals surface area contributed by atoms with Gasteiger partial charge in [0.25, 0.3) is 11.1 Å². The van der Waals surface area contributed by atoms with Crippen LogP contribution >= 0.6 is 0 Å². The van der Waals surface area contributed by atoms with Gasteiger partial charge in [-0.2, -0.15) is 0 Å². The molecule has 1 aliphatic rings. The zero-order valence-corrected chi connectivity index (χ0v) is 12.8. The van der Waals surface area contributed by atoms with E-state index in [1.54, 1.807) is 6.92 Å². The molecule has 0 saturated heterocycles.